The van der Waals surface area contributed by atoms with Crippen LogP contribution in [-0.4, -0.2) is 49.8 Å². The Bertz CT molecular complexity index is 537. The average molecular weight is 346 g/mol. The molecule has 1 atom stereocenters. The number of nitrogens with zero attached hydrogens (tertiary/aromatic N) is 1. The topological polar surface area (TPSA) is 50.8 Å². The molecule has 2 saturated heterocycles. The smallest absolute Gasteiger partial charge is 0.246 e. The second-order valence-electron chi connectivity index (χ2n) is 7.08. The molecule has 0 saturated carbocycles. The highest BCUT2D eigenvalue weighted by Crippen LogP contribution is 2.14. The standard InChI is InChI=1S/C20H30N2O3/c23-20(16-24-15-19-8-1-4-11-25-19)21-13-17-6-5-7-18(12-17)14-22-9-2-3-10-22/h5-7,12,19H,1-4,8-11,13-16H2,(H,21,23)/t19-/m0/s1. The Morgan fingerprint density at radius 1 is 1.20 bits per heavy atom. The van der Waals surface area contributed by atoms with Crippen LogP contribution in [0.25, 0.3) is 0 Å². The van der Waals surface area contributed by atoms with Gasteiger partial charge in [0.05, 0.1) is 12.7 Å². The van der Waals surface area contributed by atoms with Crippen molar-refractivity contribution in [2.45, 2.75) is 51.3 Å². The lowest BCUT2D eigenvalue weighted by molar-refractivity contribution is -0.128. The van der Waals surface area contributed by atoms with Gasteiger partial charge in [0, 0.05) is 19.7 Å². The van der Waals surface area contributed by atoms with Crippen LogP contribution in [0.15, 0.2) is 24.3 Å². The Hall–Kier alpha value is -1.43. The number of nitrogens with one attached hydrogen (secondary N) is 1. The first-order valence-electron chi connectivity index (χ1n) is 9.56. The summed E-state index contributed by atoms with van der Waals surface area (Å²) >= 11 is 0. The minimum Gasteiger partial charge on any atom is -0.376 e. The molecule has 2 aliphatic heterocycles. The zero-order valence-electron chi connectivity index (χ0n) is 15.0. The molecule has 3 rings (SSSR count). The van der Waals surface area contributed by atoms with Crippen molar-refractivity contribution in [2.75, 3.05) is 32.9 Å². The summed E-state index contributed by atoms with van der Waals surface area (Å²) in [6, 6.07) is 8.49. The Morgan fingerprint density at radius 2 is 2.04 bits per heavy atom. The second-order valence-corrected chi connectivity index (χ2v) is 7.08. The number of benzene rings is 1. The van der Waals surface area contributed by atoms with E-state index in [1.807, 2.05) is 0 Å². The third-order valence-electron chi connectivity index (χ3n) is 4.90. The summed E-state index contributed by atoms with van der Waals surface area (Å²) in [4.78, 5) is 14.4. The SMILES string of the molecule is O=C(COC[C@@H]1CCCCO1)NCc1cccc(CN2CCCC2)c1. The van der Waals surface area contributed by atoms with Gasteiger partial charge in [0.25, 0.3) is 0 Å². The van der Waals surface area contributed by atoms with Crippen LogP contribution in [0.1, 0.15) is 43.2 Å². The maximum Gasteiger partial charge on any atom is 0.246 e. The molecule has 5 nitrogen and oxygen atoms in total. The van der Waals surface area contributed by atoms with Crippen molar-refractivity contribution in [1.29, 1.82) is 0 Å². The Labute approximate surface area is 150 Å². The summed E-state index contributed by atoms with van der Waals surface area (Å²) in [5.74, 6) is -0.0687. The number of rotatable bonds is 8. The zero-order valence-corrected chi connectivity index (χ0v) is 15.0. The van der Waals surface area contributed by atoms with Gasteiger partial charge in [-0.25, -0.2) is 0 Å². The molecule has 5 heteroatoms. The predicted molar refractivity (Wildman–Crippen MR) is 97.2 cm³/mol. The Morgan fingerprint density at radius 3 is 2.84 bits per heavy atom. The van der Waals surface area contributed by atoms with E-state index in [9.17, 15) is 4.79 Å². The molecule has 0 aliphatic carbocycles. The van der Waals surface area contributed by atoms with Crippen molar-refractivity contribution >= 4 is 5.91 Å². The van der Waals surface area contributed by atoms with E-state index in [2.05, 4.69) is 34.5 Å². The molecule has 0 spiro atoms. The first-order valence-corrected chi connectivity index (χ1v) is 9.56. The van der Waals surface area contributed by atoms with Crippen LogP contribution >= 0.6 is 0 Å². The number of likely N-dealkylation sites (tertiary alicyclic amines) is 1. The molecule has 1 amide bonds. The normalized spacial score (nSPS) is 21.4. The molecule has 2 aliphatic rings. The summed E-state index contributed by atoms with van der Waals surface area (Å²) in [7, 11) is 0. The van der Waals surface area contributed by atoms with Crippen molar-refractivity contribution in [3.8, 4) is 0 Å². The minimum absolute atomic E-state index is 0.0687. The fourth-order valence-electron chi connectivity index (χ4n) is 3.51. The summed E-state index contributed by atoms with van der Waals surface area (Å²) < 4.78 is 11.1. The Kier molecular flexibility index (Phi) is 7.27. The van der Waals surface area contributed by atoms with Gasteiger partial charge in [0.1, 0.15) is 6.61 Å². The molecule has 25 heavy (non-hydrogen) atoms. The molecular weight excluding hydrogens is 316 g/mol. The van der Waals surface area contributed by atoms with Crippen LogP contribution in [0.2, 0.25) is 0 Å². The fourth-order valence-corrected chi connectivity index (χ4v) is 3.51. The van der Waals surface area contributed by atoms with Crippen molar-refractivity contribution in [2.24, 2.45) is 0 Å². The predicted octanol–water partition coefficient (Wildman–Crippen LogP) is 2.48. The van der Waals surface area contributed by atoms with Crippen molar-refractivity contribution in [3.63, 3.8) is 0 Å². The number of carbonyl (C=O) groups excluding carboxylic acids is 1. The van der Waals surface area contributed by atoms with Gasteiger partial charge in [-0.2, -0.15) is 0 Å². The van der Waals surface area contributed by atoms with E-state index in [1.54, 1.807) is 0 Å². The molecule has 0 unspecified atom stereocenters. The van der Waals surface area contributed by atoms with Gasteiger partial charge < -0.3 is 14.8 Å². The van der Waals surface area contributed by atoms with Gasteiger partial charge in [0.2, 0.25) is 5.91 Å². The fraction of sp³-hybridized carbons (Fsp3) is 0.650. The van der Waals surface area contributed by atoms with Crippen molar-refractivity contribution in [3.05, 3.63) is 35.4 Å². The van der Waals surface area contributed by atoms with E-state index in [0.717, 1.165) is 31.6 Å². The van der Waals surface area contributed by atoms with Gasteiger partial charge >= 0.3 is 0 Å². The Balaban J connectivity index is 1.35. The molecule has 0 aromatic heterocycles. The summed E-state index contributed by atoms with van der Waals surface area (Å²) in [5, 5.41) is 2.94. The number of hydrogen-bond acceptors (Lipinski definition) is 4. The lowest BCUT2D eigenvalue weighted by atomic mass is 10.1. The zero-order chi connectivity index (χ0) is 17.3. The molecule has 138 valence electrons. The first kappa shape index (κ1) is 18.4. The van der Waals surface area contributed by atoms with Crippen LogP contribution in [0.4, 0.5) is 0 Å². The van der Waals surface area contributed by atoms with Crippen LogP contribution in [0.3, 0.4) is 0 Å². The van der Waals surface area contributed by atoms with Gasteiger partial charge in [-0.05, 0) is 56.3 Å². The number of hydrogen-bond donors (Lipinski definition) is 1. The van der Waals surface area contributed by atoms with Crippen LogP contribution < -0.4 is 5.32 Å². The molecule has 2 fully saturated rings. The molecular formula is C20H30N2O3. The van der Waals surface area contributed by atoms with E-state index >= 15 is 0 Å². The second kappa shape index (κ2) is 9.90. The van der Waals surface area contributed by atoms with Gasteiger partial charge in [-0.3, -0.25) is 9.69 Å². The first-order chi connectivity index (χ1) is 12.3. The number of carbonyl (C=O) groups is 1. The quantitative estimate of drug-likeness (QED) is 0.786. The van der Waals surface area contributed by atoms with E-state index in [0.29, 0.717) is 13.2 Å². The van der Waals surface area contributed by atoms with Crippen molar-refractivity contribution in [1.82, 2.24) is 10.2 Å². The molecule has 1 N–H and O–H groups in total. The van der Waals surface area contributed by atoms with Gasteiger partial charge in [-0.15, -0.1) is 0 Å². The third-order valence-corrected chi connectivity index (χ3v) is 4.90. The maximum absolute atomic E-state index is 11.9. The largest absolute Gasteiger partial charge is 0.376 e. The van der Waals surface area contributed by atoms with Gasteiger partial charge in [-0.1, -0.05) is 24.3 Å². The van der Waals surface area contributed by atoms with Crippen LogP contribution in [0.5, 0.6) is 0 Å². The highest BCUT2D eigenvalue weighted by Gasteiger charge is 2.14. The van der Waals surface area contributed by atoms with Crippen LogP contribution in [0, 0.1) is 0 Å². The minimum atomic E-state index is -0.0687. The van der Waals surface area contributed by atoms with Gasteiger partial charge in [0.15, 0.2) is 0 Å². The molecule has 1 aromatic carbocycles. The van der Waals surface area contributed by atoms with Crippen LogP contribution in [-0.2, 0) is 27.4 Å². The number of amides is 1. The molecule has 2 heterocycles. The number of ether oxygens (including phenoxy) is 2. The monoisotopic (exact) mass is 346 g/mol. The molecule has 0 radical (unpaired) electrons. The lowest BCUT2D eigenvalue weighted by Gasteiger charge is -2.22. The lowest BCUT2D eigenvalue weighted by Crippen LogP contribution is -2.30. The summed E-state index contributed by atoms with van der Waals surface area (Å²) in [6.07, 6.45) is 6.13. The van der Waals surface area contributed by atoms with E-state index < -0.39 is 0 Å². The summed E-state index contributed by atoms with van der Waals surface area (Å²) in [5.41, 5.74) is 2.46. The molecule has 1 aromatic rings. The molecule has 0 bridgehead atoms. The highest BCUT2D eigenvalue weighted by atomic mass is 16.5. The van der Waals surface area contributed by atoms with E-state index in [4.69, 9.17) is 9.47 Å². The maximum atomic E-state index is 11.9. The highest BCUT2D eigenvalue weighted by molar-refractivity contribution is 5.77. The van der Waals surface area contributed by atoms with E-state index in [1.165, 1.54) is 37.9 Å². The van der Waals surface area contributed by atoms with Crippen molar-refractivity contribution < 1.29 is 14.3 Å². The summed E-state index contributed by atoms with van der Waals surface area (Å²) in [6.45, 7) is 5.38. The third kappa shape index (κ3) is 6.42. The van der Waals surface area contributed by atoms with E-state index in [-0.39, 0.29) is 18.6 Å². The average Bonchev–Trinajstić information content (AvgIpc) is 3.14.